The molecule has 0 amide bonds. The van der Waals surface area contributed by atoms with Gasteiger partial charge < -0.3 is 0 Å². The molecular weight excluding hydrogens is 253 g/mol. The second-order valence-corrected chi connectivity index (χ2v) is 1.67. The van der Waals surface area contributed by atoms with Crippen LogP contribution in [-0.4, -0.2) is 0 Å². The van der Waals surface area contributed by atoms with Gasteiger partial charge in [-0.15, -0.1) is 0 Å². The molecule has 11 heavy (non-hydrogen) atoms. The van der Waals surface area contributed by atoms with Crippen LogP contribution in [0.4, 0.5) is 0 Å². The van der Waals surface area contributed by atoms with Crippen molar-refractivity contribution in [2.45, 2.75) is 0 Å². The minimum absolute atomic E-state index is 1.02. The summed E-state index contributed by atoms with van der Waals surface area (Å²) in [7, 11) is 0. The topological polar surface area (TPSA) is 0 Å². The summed E-state index contributed by atoms with van der Waals surface area (Å²) in [5.41, 5.74) is 1.02. The fourth-order valence-corrected chi connectivity index (χ4v) is 0.624. The molecule has 0 N–H and O–H groups in total. The Hall–Kier alpha value is -0.247. The molecule has 0 heterocycles. The van der Waals surface area contributed by atoms with E-state index in [1.165, 1.54) is 16.3 Å². The summed E-state index contributed by atoms with van der Waals surface area (Å²) < 4.78 is 0. The third kappa shape index (κ3) is 5.07. The molecule has 0 atom stereocenters. The van der Waals surface area contributed by atoms with Crippen molar-refractivity contribution in [3.63, 3.8) is 0 Å². The normalized spacial score (nSPS) is 6.82. The molecule has 52 valence electrons. The summed E-state index contributed by atoms with van der Waals surface area (Å²) in [6, 6.07) is 9.80. The quantitative estimate of drug-likeness (QED) is 0.382. The van der Waals surface area contributed by atoms with Crippen molar-refractivity contribution in [3.8, 4) is 11.8 Å². The van der Waals surface area contributed by atoms with Gasteiger partial charge >= 0.3 is 30.0 Å². The number of benzene rings is 1. The number of halogens is 1. The Balaban J connectivity index is 0.000000461. The molecule has 0 unspecified atom stereocenters. The first-order chi connectivity index (χ1) is 5.43. The van der Waals surface area contributed by atoms with Gasteiger partial charge in [0.1, 0.15) is 0 Å². The molecule has 0 radical (unpaired) electrons. The average molecular weight is 260 g/mol. The number of hydrogen-bond acceptors (Lipinski definition) is 0. The summed E-state index contributed by atoms with van der Waals surface area (Å²) in [6.45, 7) is 3.42. The van der Waals surface area contributed by atoms with E-state index in [0.717, 1.165) is 5.56 Å². The Bertz CT molecular complexity index is 233. The van der Waals surface area contributed by atoms with Crippen LogP contribution in [0.5, 0.6) is 0 Å². The fraction of sp³-hybridized carbons (Fsp3) is 0. The van der Waals surface area contributed by atoms with Crippen LogP contribution in [0.15, 0.2) is 30.3 Å². The van der Waals surface area contributed by atoms with Gasteiger partial charge in [0.25, 0.3) is 0 Å². The molecule has 0 saturated carbocycles. The Morgan fingerprint density at radius 3 is 2.18 bits per heavy atom. The van der Waals surface area contributed by atoms with Crippen molar-refractivity contribution in [1.82, 2.24) is 0 Å². The Labute approximate surface area is 84.4 Å². The molecule has 0 aliphatic heterocycles. The molecule has 0 saturated heterocycles. The van der Waals surface area contributed by atoms with Crippen molar-refractivity contribution >= 4 is 13.6 Å². The standard InChI is InChI=1S/C9H7.BrH.Zn/c1-2-6-9-7-4-3-5-8-9;;/h3-5,7-8H,1H2;1H;/q-1;;+2/p-1. The maximum absolute atomic E-state index is 3.42. The molecule has 0 nitrogen and oxygen atoms in total. The van der Waals surface area contributed by atoms with Crippen molar-refractivity contribution in [2.24, 2.45) is 0 Å². The van der Waals surface area contributed by atoms with Gasteiger partial charge in [0.2, 0.25) is 0 Å². The van der Waals surface area contributed by atoms with Gasteiger partial charge in [-0.25, -0.2) is 0 Å². The van der Waals surface area contributed by atoms with E-state index in [2.05, 4.69) is 32.4 Å². The predicted octanol–water partition coefficient (Wildman–Crippen LogP) is 2.72. The number of hydrogen-bond donors (Lipinski definition) is 0. The third-order valence-corrected chi connectivity index (χ3v) is 1.01. The molecule has 0 aromatic heterocycles. The summed E-state index contributed by atoms with van der Waals surface area (Å²) in [6.07, 6.45) is 0. The Morgan fingerprint density at radius 2 is 1.73 bits per heavy atom. The van der Waals surface area contributed by atoms with Crippen molar-refractivity contribution in [3.05, 3.63) is 42.8 Å². The number of rotatable bonds is 0. The van der Waals surface area contributed by atoms with Crippen molar-refractivity contribution in [1.29, 1.82) is 0 Å². The molecule has 1 aromatic carbocycles. The van der Waals surface area contributed by atoms with Crippen LogP contribution < -0.4 is 0 Å². The zero-order chi connectivity index (χ0) is 8.53. The van der Waals surface area contributed by atoms with E-state index in [1.807, 2.05) is 30.3 Å². The zero-order valence-electron chi connectivity index (χ0n) is 6.18. The van der Waals surface area contributed by atoms with Gasteiger partial charge in [-0.1, -0.05) is 35.9 Å². The summed E-state index contributed by atoms with van der Waals surface area (Å²) in [4.78, 5) is 0. The van der Waals surface area contributed by atoms with E-state index in [4.69, 9.17) is 0 Å². The van der Waals surface area contributed by atoms with Gasteiger partial charge in [-0.2, -0.15) is 6.92 Å². The van der Waals surface area contributed by atoms with Crippen molar-refractivity contribution < 1.29 is 16.3 Å². The summed E-state index contributed by atoms with van der Waals surface area (Å²) >= 11 is 4.25. The van der Waals surface area contributed by atoms with E-state index < -0.39 is 0 Å². The molecule has 2 heteroatoms. The van der Waals surface area contributed by atoms with Gasteiger partial charge in [-0.05, 0) is 0 Å². The Morgan fingerprint density at radius 1 is 1.18 bits per heavy atom. The van der Waals surface area contributed by atoms with Crippen LogP contribution in [-0.2, 0) is 16.3 Å². The van der Waals surface area contributed by atoms with Crippen LogP contribution in [0.2, 0.25) is 0 Å². The molecule has 0 aliphatic carbocycles. The molecule has 1 rings (SSSR count). The predicted molar refractivity (Wildman–Crippen MR) is 47.6 cm³/mol. The second kappa shape index (κ2) is 7.86. The van der Waals surface area contributed by atoms with Gasteiger partial charge in [0.05, 0.1) is 0 Å². The monoisotopic (exact) mass is 258 g/mol. The molecule has 0 spiro atoms. The van der Waals surface area contributed by atoms with E-state index in [9.17, 15) is 0 Å². The zero-order valence-corrected chi connectivity index (χ0v) is 10.7. The SMILES string of the molecule is [CH2-]C#Cc1ccccc1.[Zn+][Br]. The van der Waals surface area contributed by atoms with Crippen LogP contribution in [0.1, 0.15) is 5.56 Å². The van der Waals surface area contributed by atoms with Crippen LogP contribution in [0.25, 0.3) is 0 Å². The fourth-order valence-electron chi connectivity index (χ4n) is 0.624. The summed E-state index contributed by atoms with van der Waals surface area (Å²) in [5, 5.41) is 0. The van der Waals surface area contributed by atoms with Gasteiger partial charge in [-0.3, -0.25) is 11.8 Å². The third-order valence-electron chi connectivity index (χ3n) is 1.01. The second-order valence-electron chi connectivity index (χ2n) is 1.67. The maximum atomic E-state index is 3.42. The van der Waals surface area contributed by atoms with E-state index in [0.29, 0.717) is 0 Å². The van der Waals surface area contributed by atoms with Gasteiger partial charge in [0, 0.05) is 0 Å². The first kappa shape index (κ1) is 10.8. The van der Waals surface area contributed by atoms with Crippen LogP contribution in [0.3, 0.4) is 0 Å². The van der Waals surface area contributed by atoms with Gasteiger partial charge in [0.15, 0.2) is 0 Å². The van der Waals surface area contributed by atoms with Crippen LogP contribution in [0, 0.1) is 18.8 Å². The van der Waals surface area contributed by atoms with E-state index in [1.54, 1.807) is 0 Å². The minimum atomic E-state index is 1.02. The summed E-state index contributed by atoms with van der Waals surface area (Å²) in [5.74, 6) is 5.43. The molecule has 0 aliphatic rings. The molecule has 0 fully saturated rings. The van der Waals surface area contributed by atoms with Crippen LogP contribution >= 0.6 is 13.6 Å². The molecule has 1 aromatic rings. The van der Waals surface area contributed by atoms with E-state index in [-0.39, 0.29) is 0 Å². The first-order valence-corrected chi connectivity index (χ1v) is 9.98. The molecule has 0 bridgehead atoms. The molecular formula is C9H7BrZn. The van der Waals surface area contributed by atoms with Crippen molar-refractivity contribution in [2.75, 3.05) is 0 Å². The average Bonchev–Trinajstić information content (AvgIpc) is 2.11. The van der Waals surface area contributed by atoms with E-state index >= 15 is 0 Å². The first-order valence-electron chi connectivity index (χ1n) is 3.03. The Kier molecular flexibility index (Phi) is 7.68.